The van der Waals surface area contributed by atoms with Crippen LogP contribution in [-0.4, -0.2) is 56.4 Å². The lowest BCUT2D eigenvalue weighted by Gasteiger charge is -2.28. The summed E-state index contributed by atoms with van der Waals surface area (Å²) in [6.45, 7) is 1.51. The Bertz CT molecular complexity index is 703. The fraction of sp³-hybridized carbons (Fsp3) is 0.400. The average molecular weight is 333 g/mol. The van der Waals surface area contributed by atoms with Gasteiger partial charge < -0.3 is 15.2 Å². The van der Waals surface area contributed by atoms with Gasteiger partial charge in [-0.2, -0.15) is 4.80 Å². The Labute approximate surface area is 138 Å². The third-order valence-electron chi connectivity index (χ3n) is 3.22. The molecule has 1 amide bonds. The molecule has 0 aliphatic rings. The number of nitrogens with zero attached hydrogens (tertiary/aromatic N) is 4. The number of nitrogens with one attached hydrogen (secondary N) is 1. The van der Waals surface area contributed by atoms with Gasteiger partial charge in [-0.05, 0) is 12.1 Å². The molecule has 1 aromatic carbocycles. The minimum atomic E-state index is -1.03. The molecule has 0 bridgehead atoms. The minimum Gasteiger partial charge on any atom is -0.481 e. The molecule has 0 aliphatic carbocycles. The van der Waals surface area contributed by atoms with Gasteiger partial charge in [-0.15, -0.1) is 10.2 Å². The van der Waals surface area contributed by atoms with Crippen LogP contribution in [0.25, 0.3) is 11.4 Å². The van der Waals surface area contributed by atoms with Gasteiger partial charge in [0.1, 0.15) is 6.54 Å². The van der Waals surface area contributed by atoms with E-state index in [1.54, 1.807) is 6.92 Å². The van der Waals surface area contributed by atoms with Crippen molar-refractivity contribution in [1.82, 2.24) is 25.5 Å². The van der Waals surface area contributed by atoms with Crippen LogP contribution in [-0.2, 0) is 20.9 Å². The van der Waals surface area contributed by atoms with Crippen LogP contribution in [0.3, 0.4) is 0 Å². The number of ether oxygens (including phenoxy) is 1. The van der Waals surface area contributed by atoms with Crippen molar-refractivity contribution in [3.63, 3.8) is 0 Å². The van der Waals surface area contributed by atoms with Crippen molar-refractivity contribution in [3.05, 3.63) is 30.3 Å². The number of carboxylic acids is 1. The second-order valence-electron chi connectivity index (χ2n) is 5.62. The van der Waals surface area contributed by atoms with Crippen LogP contribution < -0.4 is 5.32 Å². The summed E-state index contributed by atoms with van der Waals surface area (Å²) in [5, 5.41) is 23.5. The van der Waals surface area contributed by atoms with Crippen LogP contribution in [0.15, 0.2) is 30.3 Å². The second-order valence-corrected chi connectivity index (χ2v) is 5.62. The first-order valence-corrected chi connectivity index (χ1v) is 7.27. The summed E-state index contributed by atoms with van der Waals surface area (Å²) >= 11 is 0. The number of tetrazole rings is 1. The number of amides is 1. The van der Waals surface area contributed by atoms with E-state index >= 15 is 0 Å². The zero-order valence-corrected chi connectivity index (χ0v) is 13.5. The zero-order valence-electron chi connectivity index (χ0n) is 13.5. The molecule has 1 heterocycles. The Morgan fingerprint density at radius 2 is 2.04 bits per heavy atom. The summed E-state index contributed by atoms with van der Waals surface area (Å²) in [6, 6.07) is 9.25. The molecular formula is C15H19N5O4. The number of carboxylic acid groups (broad SMARTS) is 1. The maximum Gasteiger partial charge on any atom is 0.305 e. The molecular weight excluding hydrogens is 314 g/mol. The van der Waals surface area contributed by atoms with Gasteiger partial charge >= 0.3 is 5.97 Å². The fourth-order valence-electron chi connectivity index (χ4n) is 2.30. The Morgan fingerprint density at radius 1 is 1.33 bits per heavy atom. The number of aromatic nitrogens is 4. The molecule has 1 unspecified atom stereocenters. The van der Waals surface area contributed by atoms with E-state index in [4.69, 9.17) is 9.84 Å². The highest BCUT2D eigenvalue weighted by atomic mass is 16.5. The normalized spacial score (nSPS) is 13.2. The topological polar surface area (TPSA) is 119 Å². The van der Waals surface area contributed by atoms with Crippen molar-refractivity contribution in [2.75, 3.05) is 13.7 Å². The first kappa shape index (κ1) is 17.5. The molecule has 2 N–H and O–H groups in total. The highest BCUT2D eigenvalue weighted by molar-refractivity contribution is 5.78. The highest BCUT2D eigenvalue weighted by Crippen LogP contribution is 2.12. The van der Waals surface area contributed by atoms with Crippen molar-refractivity contribution in [2.24, 2.45) is 0 Å². The average Bonchev–Trinajstić information content (AvgIpc) is 2.95. The monoisotopic (exact) mass is 333 g/mol. The van der Waals surface area contributed by atoms with Crippen LogP contribution in [0.2, 0.25) is 0 Å². The molecule has 0 fully saturated rings. The van der Waals surface area contributed by atoms with Gasteiger partial charge in [0.05, 0.1) is 18.6 Å². The quantitative estimate of drug-likeness (QED) is 0.714. The van der Waals surface area contributed by atoms with Crippen LogP contribution >= 0.6 is 0 Å². The summed E-state index contributed by atoms with van der Waals surface area (Å²) in [4.78, 5) is 24.2. The van der Waals surface area contributed by atoms with Crippen LogP contribution in [0.4, 0.5) is 0 Å². The van der Waals surface area contributed by atoms with E-state index in [0.29, 0.717) is 5.82 Å². The first-order valence-electron chi connectivity index (χ1n) is 7.27. The van der Waals surface area contributed by atoms with E-state index in [1.165, 1.54) is 7.11 Å². The predicted molar refractivity (Wildman–Crippen MR) is 83.9 cm³/mol. The standard InChI is InChI=1S/C15H19N5O4/c1-15(10-24-2,8-13(22)23)16-12(21)9-20-18-14(17-19-20)11-6-4-3-5-7-11/h3-7H,8-10H2,1-2H3,(H,16,21)(H,22,23). The number of aliphatic carboxylic acids is 1. The maximum atomic E-state index is 12.1. The predicted octanol–water partition coefficient (Wildman–Crippen LogP) is 0.336. The molecule has 0 saturated heterocycles. The molecule has 0 aliphatic heterocycles. The third kappa shape index (κ3) is 4.85. The van der Waals surface area contributed by atoms with Gasteiger partial charge in [0.25, 0.3) is 0 Å². The fourth-order valence-corrected chi connectivity index (χ4v) is 2.30. The van der Waals surface area contributed by atoms with Gasteiger partial charge in [0, 0.05) is 12.7 Å². The summed E-state index contributed by atoms with van der Waals surface area (Å²) in [5.41, 5.74) is -0.222. The van der Waals surface area contributed by atoms with E-state index in [0.717, 1.165) is 10.4 Å². The minimum absolute atomic E-state index is 0.0745. The number of hydrogen-bond acceptors (Lipinski definition) is 6. The summed E-state index contributed by atoms with van der Waals surface area (Å²) in [6.07, 6.45) is -0.257. The number of carbonyl (C=O) groups excluding carboxylic acids is 1. The van der Waals surface area contributed by atoms with Crippen LogP contribution in [0, 0.1) is 0 Å². The summed E-state index contributed by atoms with van der Waals surface area (Å²) in [7, 11) is 1.44. The highest BCUT2D eigenvalue weighted by Gasteiger charge is 2.29. The van der Waals surface area contributed by atoms with Crippen LogP contribution in [0.1, 0.15) is 13.3 Å². The SMILES string of the molecule is COCC(C)(CC(=O)O)NC(=O)Cn1nnc(-c2ccccc2)n1. The van der Waals surface area contributed by atoms with E-state index in [2.05, 4.69) is 20.7 Å². The molecule has 0 saturated carbocycles. The van der Waals surface area contributed by atoms with Gasteiger partial charge in [0.2, 0.25) is 11.7 Å². The molecule has 2 aromatic rings. The molecule has 9 nitrogen and oxygen atoms in total. The Balaban J connectivity index is 2.01. The lowest BCUT2D eigenvalue weighted by Crippen LogP contribution is -2.51. The van der Waals surface area contributed by atoms with E-state index in [-0.39, 0.29) is 19.6 Å². The number of rotatable bonds is 8. The summed E-state index contributed by atoms with van der Waals surface area (Å²) in [5.74, 6) is -1.04. The molecule has 2 rings (SSSR count). The second kappa shape index (κ2) is 7.64. The largest absolute Gasteiger partial charge is 0.481 e. The number of methoxy groups -OCH3 is 1. The number of carbonyl (C=O) groups is 2. The molecule has 128 valence electrons. The van der Waals surface area contributed by atoms with Gasteiger partial charge in [-0.1, -0.05) is 30.3 Å². The van der Waals surface area contributed by atoms with Gasteiger partial charge in [0.15, 0.2) is 0 Å². The molecule has 1 atom stereocenters. The van der Waals surface area contributed by atoms with Crippen molar-refractivity contribution >= 4 is 11.9 Å². The van der Waals surface area contributed by atoms with E-state index in [9.17, 15) is 9.59 Å². The Kier molecular flexibility index (Phi) is 5.59. The van der Waals surface area contributed by atoms with E-state index in [1.807, 2.05) is 30.3 Å². The molecule has 0 radical (unpaired) electrons. The molecule has 24 heavy (non-hydrogen) atoms. The summed E-state index contributed by atoms with van der Waals surface area (Å²) < 4.78 is 4.99. The van der Waals surface area contributed by atoms with Crippen molar-refractivity contribution in [1.29, 1.82) is 0 Å². The zero-order chi connectivity index (χ0) is 17.6. The maximum absolute atomic E-state index is 12.1. The van der Waals surface area contributed by atoms with Crippen LogP contribution in [0.5, 0.6) is 0 Å². The smallest absolute Gasteiger partial charge is 0.305 e. The Morgan fingerprint density at radius 3 is 2.67 bits per heavy atom. The Hall–Kier alpha value is -2.81. The molecule has 1 aromatic heterocycles. The van der Waals surface area contributed by atoms with Crippen molar-refractivity contribution in [2.45, 2.75) is 25.4 Å². The van der Waals surface area contributed by atoms with Crippen molar-refractivity contribution < 1.29 is 19.4 Å². The van der Waals surface area contributed by atoms with E-state index < -0.39 is 17.4 Å². The first-order chi connectivity index (χ1) is 11.4. The lowest BCUT2D eigenvalue weighted by atomic mass is 9.99. The molecule has 9 heteroatoms. The lowest BCUT2D eigenvalue weighted by molar-refractivity contribution is -0.139. The van der Waals surface area contributed by atoms with Gasteiger partial charge in [-0.25, -0.2) is 0 Å². The molecule has 0 spiro atoms. The third-order valence-corrected chi connectivity index (χ3v) is 3.22. The van der Waals surface area contributed by atoms with Crippen molar-refractivity contribution in [3.8, 4) is 11.4 Å². The number of hydrogen-bond donors (Lipinski definition) is 2. The number of benzene rings is 1. The van der Waals surface area contributed by atoms with Gasteiger partial charge in [-0.3, -0.25) is 9.59 Å².